The Labute approximate surface area is 157 Å². The molecule has 0 spiro atoms. The topological polar surface area (TPSA) is 75.4 Å². The molecule has 1 aromatic carbocycles. The van der Waals surface area contributed by atoms with Crippen LogP contribution in [-0.4, -0.2) is 44.6 Å². The minimum Gasteiger partial charge on any atom is -0.353 e. The fourth-order valence-electron chi connectivity index (χ4n) is 3.77. The number of nitrogens with zero attached hydrogens (tertiary/aromatic N) is 5. The van der Waals surface area contributed by atoms with Gasteiger partial charge < -0.3 is 10.2 Å². The van der Waals surface area contributed by atoms with Crippen LogP contribution in [0.5, 0.6) is 0 Å². The standard InChI is InChI=1S/C20H22N6O/c27-20(15-4-2-1-3-5-15)22-16-8-11-25(12-9-16)18-19-24-23-17(14-6-7-14)26(19)13-10-21-18/h1-5,10,13-14,16H,6-9,11-12H2,(H,22,27). The highest BCUT2D eigenvalue weighted by Crippen LogP contribution is 2.39. The molecule has 1 N–H and O–H groups in total. The maximum absolute atomic E-state index is 12.4. The molecule has 3 aromatic rings. The Morgan fingerprint density at radius 1 is 1.04 bits per heavy atom. The maximum Gasteiger partial charge on any atom is 0.251 e. The van der Waals surface area contributed by atoms with Crippen LogP contribution in [0.1, 0.15) is 47.8 Å². The Bertz CT molecular complexity index is 957. The van der Waals surface area contributed by atoms with Gasteiger partial charge in [-0.15, -0.1) is 10.2 Å². The fraction of sp³-hybridized carbons (Fsp3) is 0.400. The Balaban J connectivity index is 1.27. The molecule has 0 bridgehead atoms. The molecule has 0 unspecified atom stereocenters. The van der Waals surface area contributed by atoms with Crippen molar-refractivity contribution in [1.82, 2.24) is 24.9 Å². The van der Waals surface area contributed by atoms with Crippen molar-refractivity contribution >= 4 is 17.4 Å². The van der Waals surface area contributed by atoms with Crippen LogP contribution in [0.3, 0.4) is 0 Å². The number of fused-ring (bicyclic) bond motifs is 1. The van der Waals surface area contributed by atoms with Gasteiger partial charge in [0.15, 0.2) is 5.82 Å². The first kappa shape index (κ1) is 16.2. The van der Waals surface area contributed by atoms with Gasteiger partial charge in [0.2, 0.25) is 5.65 Å². The van der Waals surface area contributed by atoms with E-state index in [1.807, 2.05) is 42.7 Å². The molecule has 5 rings (SSSR count). The molecule has 7 nitrogen and oxygen atoms in total. The first-order chi connectivity index (χ1) is 13.3. The highest BCUT2D eigenvalue weighted by atomic mass is 16.1. The summed E-state index contributed by atoms with van der Waals surface area (Å²) in [5.41, 5.74) is 1.55. The van der Waals surface area contributed by atoms with Crippen molar-refractivity contribution in [1.29, 1.82) is 0 Å². The molecule has 1 saturated heterocycles. The largest absolute Gasteiger partial charge is 0.353 e. The zero-order valence-electron chi connectivity index (χ0n) is 15.1. The quantitative estimate of drug-likeness (QED) is 0.771. The lowest BCUT2D eigenvalue weighted by Gasteiger charge is -2.33. The summed E-state index contributed by atoms with van der Waals surface area (Å²) in [7, 11) is 0. The molecule has 27 heavy (non-hydrogen) atoms. The van der Waals surface area contributed by atoms with Gasteiger partial charge in [-0.3, -0.25) is 9.20 Å². The molecule has 7 heteroatoms. The van der Waals surface area contributed by atoms with Crippen LogP contribution < -0.4 is 10.2 Å². The van der Waals surface area contributed by atoms with Crippen molar-refractivity contribution < 1.29 is 4.79 Å². The monoisotopic (exact) mass is 362 g/mol. The van der Waals surface area contributed by atoms with E-state index in [-0.39, 0.29) is 11.9 Å². The molecular formula is C20H22N6O. The third-order valence-electron chi connectivity index (χ3n) is 5.44. The van der Waals surface area contributed by atoms with Crippen molar-refractivity contribution in [3.8, 4) is 0 Å². The van der Waals surface area contributed by atoms with Gasteiger partial charge in [-0.05, 0) is 37.8 Å². The second-order valence-corrected chi connectivity index (χ2v) is 7.38. The minimum absolute atomic E-state index is 0.000749. The van der Waals surface area contributed by atoms with Crippen LogP contribution >= 0.6 is 0 Å². The molecule has 1 saturated carbocycles. The predicted octanol–water partition coefficient (Wildman–Crippen LogP) is 2.40. The Kier molecular flexibility index (Phi) is 3.99. The number of rotatable bonds is 4. The van der Waals surface area contributed by atoms with E-state index < -0.39 is 0 Å². The molecule has 0 atom stereocenters. The molecule has 3 heterocycles. The molecule has 1 amide bonds. The van der Waals surface area contributed by atoms with Crippen molar-refractivity contribution in [2.75, 3.05) is 18.0 Å². The summed E-state index contributed by atoms with van der Waals surface area (Å²) in [6.45, 7) is 1.69. The fourth-order valence-corrected chi connectivity index (χ4v) is 3.77. The lowest BCUT2D eigenvalue weighted by atomic mass is 10.0. The number of piperidine rings is 1. The van der Waals surface area contributed by atoms with E-state index in [1.165, 1.54) is 12.8 Å². The predicted molar refractivity (Wildman–Crippen MR) is 102 cm³/mol. The van der Waals surface area contributed by atoms with Crippen molar-refractivity contribution in [2.24, 2.45) is 0 Å². The number of amides is 1. The number of benzene rings is 1. The second kappa shape index (κ2) is 6.64. The summed E-state index contributed by atoms with van der Waals surface area (Å²) in [6.07, 6.45) is 7.98. The van der Waals surface area contributed by atoms with Crippen LogP contribution in [0.4, 0.5) is 5.82 Å². The average Bonchev–Trinajstić information content (AvgIpc) is 3.47. The van der Waals surface area contributed by atoms with E-state index in [0.717, 1.165) is 43.2 Å². The lowest BCUT2D eigenvalue weighted by molar-refractivity contribution is 0.0931. The van der Waals surface area contributed by atoms with Crippen molar-refractivity contribution in [3.05, 3.63) is 54.1 Å². The SMILES string of the molecule is O=C(NC1CCN(c2nccn3c(C4CC4)nnc23)CC1)c1ccccc1. The maximum atomic E-state index is 12.4. The number of carbonyl (C=O) groups is 1. The van der Waals surface area contributed by atoms with Crippen molar-refractivity contribution in [2.45, 2.75) is 37.6 Å². The zero-order chi connectivity index (χ0) is 18.2. The Morgan fingerprint density at radius 3 is 2.56 bits per heavy atom. The van der Waals surface area contributed by atoms with Gasteiger partial charge in [0.25, 0.3) is 5.91 Å². The highest BCUT2D eigenvalue weighted by molar-refractivity contribution is 5.94. The van der Waals surface area contributed by atoms with E-state index in [0.29, 0.717) is 11.5 Å². The number of carbonyl (C=O) groups excluding carboxylic acids is 1. The Morgan fingerprint density at radius 2 is 1.81 bits per heavy atom. The van der Waals surface area contributed by atoms with E-state index in [4.69, 9.17) is 0 Å². The molecule has 0 radical (unpaired) electrons. The molecular weight excluding hydrogens is 340 g/mol. The summed E-state index contributed by atoms with van der Waals surface area (Å²) < 4.78 is 2.09. The van der Waals surface area contributed by atoms with Gasteiger partial charge in [-0.25, -0.2) is 4.98 Å². The van der Waals surface area contributed by atoms with Gasteiger partial charge in [-0.2, -0.15) is 0 Å². The third-order valence-corrected chi connectivity index (χ3v) is 5.44. The summed E-state index contributed by atoms with van der Waals surface area (Å²) >= 11 is 0. The molecule has 2 fully saturated rings. The van der Waals surface area contributed by atoms with E-state index >= 15 is 0 Å². The van der Waals surface area contributed by atoms with Gasteiger partial charge in [0.05, 0.1) is 0 Å². The van der Waals surface area contributed by atoms with Crippen LogP contribution in [0.25, 0.3) is 5.65 Å². The van der Waals surface area contributed by atoms with Crippen LogP contribution in [-0.2, 0) is 0 Å². The molecule has 2 aromatic heterocycles. The second-order valence-electron chi connectivity index (χ2n) is 7.38. The average molecular weight is 362 g/mol. The van der Waals surface area contributed by atoms with Gasteiger partial charge in [-0.1, -0.05) is 18.2 Å². The van der Waals surface area contributed by atoms with E-state index in [2.05, 4.69) is 29.8 Å². The van der Waals surface area contributed by atoms with Crippen LogP contribution in [0.15, 0.2) is 42.7 Å². The lowest BCUT2D eigenvalue weighted by Crippen LogP contribution is -2.45. The van der Waals surface area contributed by atoms with Gasteiger partial charge in [0, 0.05) is 43.0 Å². The summed E-state index contributed by atoms with van der Waals surface area (Å²) in [5.74, 6) is 2.50. The molecule has 1 aliphatic carbocycles. The first-order valence-electron chi connectivity index (χ1n) is 9.60. The normalized spacial score (nSPS) is 18.0. The van der Waals surface area contributed by atoms with Gasteiger partial charge in [0.1, 0.15) is 5.82 Å². The third kappa shape index (κ3) is 3.13. The summed E-state index contributed by atoms with van der Waals surface area (Å²) in [4.78, 5) is 19.2. The smallest absolute Gasteiger partial charge is 0.251 e. The highest BCUT2D eigenvalue weighted by Gasteiger charge is 2.30. The van der Waals surface area contributed by atoms with E-state index in [9.17, 15) is 4.79 Å². The summed E-state index contributed by atoms with van der Waals surface area (Å²) in [5, 5.41) is 11.9. The molecule has 138 valence electrons. The van der Waals surface area contributed by atoms with Crippen LogP contribution in [0.2, 0.25) is 0 Å². The van der Waals surface area contributed by atoms with E-state index in [1.54, 1.807) is 0 Å². The van der Waals surface area contributed by atoms with Crippen molar-refractivity contribution in [3.63, 3.8) is 0 Å². The number of nitrogens with one attached hydrogen (secondary N) is 1. The zero-order valence-corrected chi connectivity index (χ0v) is 15.1. The van der Waals surface area contributed by atoms with Crippen LogP contribution in [0, 0.1) is 0 Å². The number of anilines is 1. The summed E-state index contributed by atoms with van der Waals surface area (Å²) in [6, 6.07) is 9.57. The number of aromatic nitrogens is 4. The number of hydrogen-bond donors (Lipinski definition) is 1. The molecule has 1 aliphatic heterocycles. The first-order valence-corrected chi connectivity index (χ1v) is 9.60. The Hall–Kier alpha value is -2.96. The molecule has 2 aliphatic rings. The number of hydrogen-bond acceptors (Lipinski definition) is 5. The minimum atomic E-state index is 0.000749. The van der Waals surface area contributed by atoms with Gasteiger partial charge >= 0.3 is 0 Å².